The summed E-state index contributed by atoms with van der Waals surface area (Å²) in [4.78, 5) is 23.4. The Morgan fingerprint density at radius 1 is 1.14 bits per heavy atom. The molecule has 0 heterocycles. The zero-order valence-electron chi connectivity index (χ0n) is 14.8. The number of carbonyl (C=O) groups excluding carboxylic acids is 1. The van der Waals surface area contributed by atoms with Crippen molar-refractivity contribution in [1.82, 2.24) is 4.90 Å². The summed E-state index contributed by atoms with van der Waals surface area (Å²) in [6.45, 7) is 11.7. The van der Waals surface area contributed by atoms with Crippen molar-refractivity contribution in [2.45, 2.75) is 54.1 Å². The third-order valence-corrected chi connectivity index (χ3v) is 2.72. The van der Waals surface area contributed by atoms with Crippen LogP contribution >= 0.6 is 0 Å². The highest BCUT2D eigenvalue weighted by molar-refractivity contribution is 5.88. The van der Waals surface area contributed by atoms with Crippen LogP contribution in [-0.4, -0.2) is 35.0 Å². The summed E-state index contributed by atoms with van der Waals surface area (Å²) in [6.07, 6.45) is 0. The number of likely N-dealkylation sites (N-methyl/N-ethyl adjacent to an activating group) is 1. The third-order valence-electron chi connectivity index (χ3n) is 2.72. The van der Waals surface area contributed by atoms with Crippen molar-refractivity contribution in [1.29, 1.82) is 0 Å². The SMILES string of the molecule is CC.CC.CC(=O)Nc1ccc(CN(C)C(C)C(=O)O)cc1. The van der Waals surface area contributed by atoms with E-state index in [1.54, 1.807) is 31.0 Å². The molecule has 1 unspecified atom stereocenters. The molecular formula is C17H30N2O3. The number of nitrogens with one attached hydrogen (secondary N) is 1. The molecule has 126 valence electrons. The van der Waals surface area contributed by atoms with Crippen LogP contribution in [0.3, 0.4) is 0 Å². The molecule has 0 saturated carbocycles. The van der Waals surface area contributed by atoms with Gasteiger partial charge in [0.05, 0.1) is 0 Å². The molecule has 0 bridgehead atoms. The minimum atomic E-state index is -0.840. The van der Waals surface area contributed by atoms with Crippen LogP contribution in [0.25, 0.3) is 0 Å². The molecule has 5 nitrogen and oxygen atoms in total. The van der Waals surface area contributed by atoms with Gasteiger partial charge in [-0.1, -0.05) is 39.8 Å². The Kier molecular flexibility index (Phi) is 13.1. The average Bonchev–Trinajstić information content (AvgIpc) is 2.51. The van der Waals surface area contributed by atoms with Gasteiger partial charge >= 0.3 is 5.97 Å². The average molecular weight is 310 g/mol. The van der Waals surface area contributed by atoms with E-state index in [0.29, 0.717) is 6.54 Å². The first kappa shape index (κ1) is 22.4. The van der Waals surface area contributed by atoms with Crippen molar-refractivity contribution in [2.24, 2.45) is 0 Å². The van der Waals surface area contributed by atoms with Crippen LogP contribution in [0, 0.1) is 0 Å². The number of hydrogen-bond donors (Lipinski definition) is 2. The van der Waals surface area contributed by atoms with Gasteiger partial charge in [-0.15, -0.1) is 0 Å². The number of hydrogen-bond acceptors (Lipinski definition) is 3. The first-order valence-corrected chi connectivity index (χ1v) is 7.69. The molecule has 1 atom stereocenters. The molecule has 22 heavy (non-hydrogen) atoms. The summed E-state index contributed by atoms with van der Waals surface area (Å²) in [5.74, 6) is -0.952. The summed E-state index contributed by atoms with van der Waals surface area (Å²) in [5.41, 5.74) is 1.74. The van der Waals surface area contributed by atoms with Crippen molar-refractivity contribution < 1.29 is 14.7 Å². The summed E-state index contributed by atoms with van der Waals surface area (Å²) in [6, 6.07) is 6.82. The molecule has 0 saturated heterocycles. The van der Waals surface area contributed by atoms with Gasteiger partial charge < -0.3 is 10.4 Å². The number of anilines is 1. The Bertz CT molecular complexity index is 430. The zero-order valence-corrected chi connectivity index (χ0v) is 14.8. The molecule has 1 aromatic carbocycles. The first-order chi connectivity index (χ1) is 10.4. The van der Waals surface area contributed by atoms with E-state index in [-0.39, 0.29) is 5.91 Å². The lowest BCUT2D eigenvalue weighted by atomic mass is 10.1. The fourth-order valence-corrected chi connectivity index (χ4v) is 1.51. The van der Waals surface area contributed by atoms with Crippen molar-refractivity contribution in [3.05, 3.63) is 29.8 Å². The molecule has 1 rings (SSSR count). The second-order valence-electron chi connectivity index (χ2n) is 4.31. The fraction of sp³-hybridized carbons (Fsp3) is 0.529. The van der Waals surface area contributed by atoms with Gasteiger partial charge in [-0.3, -0.25) is 14.5 Å². The van der Waals surface area contributed by atoms with Crippen LogP contribution in [0.2, 0.25) is 0 Å². The van der Waals surface area contributed by atoms with E-state index in [2.05, 4.69) is 5.32 Å². The summed E-state index contributed by atoms with van der Waals surface area (Å²) >= 11 is 0. The van der Waals surface area contributed by atoms with Gasteiger partial charge in [0.25, 0.3) is 0 Å². The normalized spacial score (nSPS) is 10.5. The minimum absolute atomic E-state index is 0.112. The van der Waals surface area contributed by atoms with Crippen molar-refractivity contribution in [3.8, 4) is 0 Å². The molecule has 0 aliphatic carbocycles. The fourth-order valence-electron chi connectivity index (χ4n) is 1.51. The Balaban J connectivity index is 0. The van der Waals surface area contributed by atoms with Crippen molar-refractivity contribution >= 4 is 17.6 Å². The van der Waals surface area contributed by atoms with Gasteiger partial charge in [0.2, 0.25) is 5.91 Å². The van der Waals surface area contributed by atoms with Crippen LogP contribution in [0.1, 0.15) is 47.1 Å². The number of amides is 1. The Morgan fingerprint density at radius 2 is 1.59 bits per heavy atom. The maximum atomic E-state index is 10.9. The largest absolute Gasteiger partial charge is 0.480 e. The highest BCUT2D eigenvalue weighted by Crippen LogP contribution is 2.12. The maximum absolute atomic E-state index is 10.9. The predicted molar refractivity (Wildman–Crippen MR) is 92.0 cm³/mol. The molecule has 0 spiro atoms. The van der Waals surface area contributed by atoms with E-state index in [9.17, 15) is 9.59 Å². The molecule has 0 aliphatic heterocycles. The third kappa shape index (κ3) is 9.13. The highest BCUT2D eigenvalue weighted by atomic mass is 16.4. The molecular weight excluding hydrogens is 280 g/mol. The topological polar surface area (TPSA) is 69.6 Å². The molecule has 1 amide bonds. The number of carbonyl (C=O) groups is 2. The maximum Gasteiger partial charge on any atom is 0.320 e. The zero-order chi connectivity index (χ0) is 17.7. The molecule has 0 radical (unpaired) electrons. The van der Waals surface area contributed by atoms with Crippen LogP contribution < -0.4 is 5.32 Å². The molecule has 2 N–H and O–H groups in total. The molecule has 0 fully saturated rings. The second-order valence-corrected chi connectivity index (χ2v) is 4.31. The van der Waals surface area contributed by atoms with Gasteiger partial charge in [0.15, 0.2) is 0 Å². The summed E-state index contributed by atoms with van der Waals surface area (Å²) < 4.78 is 0. The van der Waals surface area contributed by atoms with Gasteiger partial charge in [0, 0.05) is 19.2 Å². The molecule has 1 aromatic rings. The predicted octanol–water partition coefficient (Wildman–Crippen LogP) is 3.60. The van der Waals surface area contributed by atoms with Crippen LogP contribution in [0.5, 0.6) is 0 Å². The summed E-state index contributed by atoms with van der Waals surface area (Å²) in [5, 5.41) is 11.6. The van der Waals surface area contributed by atoms with Crippen molar-refractivity contribution in [3.63, 3.8) is 0 Å². The first-order valence-electron chi connectivity index (χ1n) is 7.69. The highest BCUT2D eigenvalue weighted by Gasteiger charge is 2.16. The van der Waals surface area contributed by atoms with E-state index in [0.717, 1.165) is 11.3 Å². The molecule has 0 aliphatic rings. The number of carboxylic acids is 1. The van der Waals surface area contributed by atoms with E-state index in [1.807, 2.05) is 39.8 Å². The minimum Gasteiger partial charge on any atom is -0.480 e. The van der Waals surface area contributed by atoms with Crippen LogP contribution in [0.4, 0.5) is 5.69 Å². The number of carboxylic acid groups (broad SMARTS) is 1. The Hall–Kier alpha value is -1.88. The smallest absolute Gasteiger partial charge is 0.320 e. The molecule has 5 heteroatoms. The van der Waals surface area contributed by atoms with E-state index in [4.69, 9.17) is 5.11 Å². The van der Waals surface area contributed by atoms with Gasteiger partial charge in [-0.25, -0.2) is 0 Å². The monoisotopic (exact) mass is 310 g/mol. The number of benzene rings is 1. The second kappa shape index (κ2) is 12.8. The number of rotatable bonds is 5. The lowest BCUT2D eigenvalue weighted by molar-refractivity contribution is -0.142. The Labute approximate surface area is 134 Å². The Morgan fingerprint density at radius 3 is 1.95 bits per heavy atom. The van der Waals surface area contributed by atoms with Crippen LogP contribution in [0.15, 0.2) is 24.3 Å². The lowest BCUT2D eigenvalue weighted by Crippen LogP contribution is -2.35. The van der Waals surface area contributed by atoms with E-state index >= 15 is 0 Å². The quantitative estimate of drug-likeness (QED) is 0.871. The molecule has 0 aromatic heterocycles. The van der Waals surface area contributed by atoms with Crippen molar-refractivity contribution in [2.75, 3.05) is 12.4 Å². The van der Waals surface area contributed by atoms with Crippen LogP contribution in [-0.2, 0) is 16.1 Å². The number of nitrogens with zero attached hydrogens (tertiary/aromatic N) is 1. The standard InChI is InChI=1S/C13H18N2O3.2C2H6/c1-9(13(17)18)15(3)8-11-4-6-12(7-5-11)14-10(2)16;2*1-2/h4-7,9H,8H2,1-3H3,(H,14,16)(H,17,18);2*1-2H3. The van der Waals surface area contributed by atoms with Gasteiger partial charge in [-0.05, 0) is 31.7 Å². The van der Waals surface area contributed by atoms with Gasteiger partial charge in [-0.2, -0.15) is 0 Å². The number of aliphatic carboxylic acids is 1. The summed E-state index contributed by atoms with van der Waals surface area (Å²) in [7, 11) is 1.76. The van der Waals surface area contributed by atoms with E-state index < -0.39 is 12.0 Å². The van der Waals surface area contributed by atoms with E-state index in [1.165, 1.54) is 6.92 Å². The lowest BCUT2D eigenvalue weighted by Gasteiger charge is -2.21. The van der Waals surface area contributed by atoms with Gasteiger partial charge in [0.1, 0.15) is 6.04 Å².